The summed E-state index contributed by atoms with van der Waals surface area (Å²) in [7, 11) is -3.99. The summed E-state index contributed by atoms with van der Waals surface area (Å²) >= 11 is 0. The summed E-state index contributed by atoms with van der Waals surface area (Å²) < 4.78 is 40.5. The van der Waals surface area contributed by atoms with Crippen molar-refractivity contribution < 1.29 is 27.8 Å². The maximum absolute atomic E-state index is 13.3. The molecule has 0 fully saturated rings. The number of aliphatic carboxylic acids is 1. The van der Waals surface area contributed by atoms with Gasteiger partial charge in [-0.1, -0.05) is 17.7 Å². The minimum Gasteiger partial charge on any atom is -0.481 e. The smallest absolute Gasteiger partial charge is 0.304 e. The predicted molar refractivity (Wildman–Crippen MR) is 103 cm³/mol. The molecule has 0 spiro atoms. The van der Waals surface area contributed by atoms with Crippen LogP contribution in [0.25, 0.3) is 0 Å². The Labute approximate surface area is 163 Å². The zero-order chi connectivity index (χ0) is 20.7. The Morgan fingerprint density at radius 1 is 1.14 bits per heavy atom. The molecule has 0 saturated carbocycles. The number of nitrogens with one attached hydrogen (secondary N) is 1. The van der Waals surface area contributed by atoms with E-state index in [0.717, 1.165) is 22.0 Å². The summed E-state index contributed by atoms with van der Waals surface area (Å²) in [5, 5.41) is 21.7. The SMILES string of the molecule is Cc1ccc(S(=O)(=O)N(C[C@@H](O)CNCCC(=O)O)c2ccc(F)cc2)cc1. The molecule has 2 rings (SSSR count). The zero-order valence-corrected chi connectivity index (χ0v) is 16.2. The van der Waals surface area contributed by atoms with Crippen LogP contribution in [0.3, 0.4) is 0 Å². The summed E-state index contributed by atoms with van der Waals surface area (Å²) in [6.07, 6.45) is -1.21. The highest BCUT2D eigenvalue weighted by atomic mass is 32.2. The molecule has 9 heteroatoms. The Balaban J connectivity index is 2.23. The van der Waals surface area contributed by atoms with E-state index < -0.39 is 27.9 Å². The number of nitrogens with zero attached hydrogens (tertiary/aromatic N) is 1. The van der Waals surface area contributed by atoms with Crippen LogP contribution in [-0.4, -0.2) is 50.3 Å². The second-order valence-corrected chi connectivity index (χ2v) is 8.19. The van der Waals surface area contributed by atoms with Crippen LogP contribution in [-0.2, 0) is 14.8 Å². The first-order valence-corrected chi connectivity index (χ1v) is 10.1. The van der Waals surface area contributed by atoms with Gasteiger partial charge in [-0.25, -0.2) is 12.8 Å². The number of aryl methyl sites for hydroxylation is 1. The molecular formula is C19H23FN2O5S. The van der Waals surface area contributed by atoms with Crippen molar-refractivity contribution in [3.63, 3.8) is 0 Å². The van der Waals surface area contributed by atoms with E-state index in [4.69, 9.17) is 5.11 Å². The molecule has 0 aliphatic carbocycles. The molecule has 0 bridgehead atoms. The first kappa shape index (κ1) is 21.8. The average molecular weight is 410 g/mol. The van der Waals surface area contributed by atoms with Crippen molar-refractivity contribution in [3.05, 3.63) is 59.9 Å². The number of carboxylic acid groups (broad SMARTS) is 1. The van der Waals surface area contributed by atoms with Gasteiger partial charge in [0.05, 0.1) is 29.7 Å². The molecule has 0 aliphatic rings. The number of halogens is 1. The van der Waals surface area contributed by atoms with Crippen LogP contribution < -0.4 is 9.62 Å². The lowest BCUT2D eigenvalue weighted by Gasteiger charge is -2.27. The van der Waals surface area contributed by atoms with E-state index in [-0.39, 0.29) is 36.6 Å². The Kier molecular flexibility index (Phi) is 7.50. The maximum Gasteiger partial charge on any atom is 0.304 e. The Morgan fingerprint density at radius 2 is 1.75 bits per heavy atom. The fourth-order valence-electron chi connectivity index (χ4n) is 2.51. The van der Waals surface area contributed by atoms with Crippen molar-refractivity contribution in [2.45, 2.75) is 24.3 Å². The first-order chi connectivity index (χ1) is 13.2. The summed E-state index contributed by atoms with van der Waals surface area (Å²) in [5.41, 5.74) is 1.11. The van der Waals surface area contributed by atoms with Gasteiger partial charge in [0.1, 0.15) is 5.82 Å². The second kappa shape index (κ2) is 9.63. The molecule has 0 unspecified atom stereocenters. The van der Waals surface area contributed by atoms with E-state index in [9.17, 15) is 22.7 Å². The number of hydrogen-bond acceptors (Lipinski definition) is 5. The van der Waals surface area contributed by atoms with E-state index in [1.54, 1.807) is 12.1 Å². The number of hydrogen-bond donors (Lipinski definition) is 3. The third-order valence-electron chi connectivity index (χ3n) is 4.00. The standard InChI is InChI=1S/C19H23FN2O5S/c1-14-2-8-18(9-3-14)28(26,27)22(16-6-4-15(20)5-7-16)13-17(23)12-21-11-10-19(24)25/h2-9,17,21,23H,10-13H2,1H3,(H,24,25)/t17-/m0/s1. The van der Waals surface area contributed by atoms with Gasteiger partial charge < -0.3 is 15.5 Å². The normalized spacial score (nSPS) is 12.5. The number of aliphatic hydroxyl groups is 1. The summed E-state index contributed by atoms with van der Waals surface area (Å²) in [6, 6.07) is 11.2. The van der Waals surface area contributed by atoms with Crippen molar-refractivity contribution in [1.29, 1.82) is 0 Å². The molecule has 7 nitrogen and oxygen atoms in total. The summed E-state index contributed by atoms with van der Waals surface area (Å²) in [6.45, 7) is 1.71. The van der Waals surface area contributed by atoms with Gasteiger partial charge in [0.15, 0.2) is 0 Å². The van der Waals surface area contributed by atoms with Crippen LogP contribution in [0.2, 0.25) is 0 Å². The second-order valence-electron chi connectivity index (χ2n) is 6.33. The molecule has 3 N–H and O–H groups in total. The molecular weight excluding hydrogens is 387 g/mol. The molecule has 2 aromatic rings. The molecule has 0 aromatic heterocycles. The Bertz CT molecular complexity index is 886. The average Bonchev–Trinajstić information content (AvgIpc) is 2.64. The van der Waals surface area contributed by atoms with E-state index in [0.29, 0.717) is 0 Å². The van der Waals surface area contributed by atoms with Gasteiger partial charge in [0.25, 0.3) is 10.0 Å². The largest absolute Gasteiger partial charge is 0.481 e. The van der Waals surface area contributed by atoms with Crippen molar-refractivity contribution in [3.8, 4) is 0 Å². The van der Waals surface area contributed by atoms with Crippen LogP contribution in [0.15, 0.2) is 53.4 Å². The molecule has 2 aromatic carbocycles. The lowest BCUT2D eigenvalue weighted by molar-refractivity contribution is -0.136. The number of benzene rings is 2. The monoisotopic (exact) mass is 410 g/mol. The van der Waals surface area contributed by atoms with E-state index in [2.05, 4.69) is 5.32 Å². The van der Waals surface area contributed by atoms with Crippen molar-refractivity contribution in [2.75, 3.05) is 23.9 Å². The molecule has 0 aliphatic heterocycles. The minimum absolute atomic E-state index is 0.00833. The summed E-state index contributed by atoms with van der Waals surface area (Å²) in [5.74, 6) is -1.48. The molecule has 0 heterocycles. The summed E-state index contributed by atoms with van der Waals surface area (Å²) in [4.78, 5) is 10.6. The Morgan fingerprint density at radius 3 is 2.32 bits per heavy atom. The predicted octanol–water partition coefficient (Wildman–Crippen LogP) is 1.75. The van der Waals surface area contributed by atoms with Gasteiger partial charge in [0.2, 0.25) is 0 Å². The van der Waals surface area contributed by atoms with E-state index in [1.165, 1.54) is 24.3 Å². The topological polar surface area (TPSA) is 107 Å². The highest BCUT2D eigenvalue weighted by Gasteiger charge is 2.27. The minimum atomic E-state index is -3.99. The van der Waals surface area contributed by atoms with Gasteiger partial charge in [-0.05, 0) is 43.3 Å². The quantitative estimate of drug-likeness (QED) is 0.515. The van der Waals surface area contributed by atoms with Crippen LogP contribution in [0.5, 0.6) is 0 Å². The fourth-order valence-corrected chi connectivity index (χ4v) is 4.01. The van der Waals surface area contributed by atoms with E-state index >= 15 is 0 Å². The maximum atomic E-state index is 13.3. The molecule has 0 radical (unpaired) electrons. The van der Waals surface area contributed by atoms with Crippen LogP contribution in [0.4, 0.5) is 10.1 Å². The molecule has 28 heavy (non-hydrogen) atoms. The number of sulfonamides is 1. The number of aliphatic hydroxyl groups excluding tert-OH is 1. The zero-order valence-electron chi connectivity index (χ0n) is 15.4. The lowest BCUT2D eigenvalue weighted by Crippen LogP contribution is -2.42. The van der Waals surface area contributed by atoms with Crippen molar-refractivity contribution in [2.24, 2.45) is 0 Å². The van der Waals surface area contributed by atoms with Crippen LogP contribution >= 0.6 is 0 Å². The van der Waals surface area contributed by atoms with Gasteiger partial charge in [-0.15, -0.1) is 0 Å². The first-order valence-electron chi connectivity index (χ1n) is 8.65. The van der Waals surface area contributed by atoms with Crippen molar-refractivity contribution in [1.82, 2.24) is 5.32 Å². The van der Waals surface area contributed by atoms with Crippen molar-refractivity contribution >= 4 is 21.7 Å². The molecule has 1 atom stereocenters. The van der Waals surface area contributed by atoms with E-state index in [1.807, 2.05) is 6.92 Å². The number of carbonyl (C=O) groups is 1. The lowest BCUT2D eigenvalue weighted by atomic mass is 10.2. The number of anilines is 1. The molecule has 0 saturated heterocycles. The van der Waals surface area contributed by atoms with Crippen LogP contribution in [0.1, 0.15) is 12.0 Å². The van der Waals surface area contributed by atoms with Gasteiger partial charge in [0, 0.05) is 13.1 Å². The third-order valence-corrected chi connectivity index (χ3v) is 5.80. The van der Waals surface area contributed by atoms with Crippen LogP contribution in [0, 0.1) is 12.7 Å². The van der Waals surface area contributed by atoms with Gasteiger partial charge in [-0.3, -0.25) is 9.10 Å². The number of rotatable bonds is 10. The number of carboxylic acids is 1. The fraction of sp³-hybridized carbons (Fsp3) is 0.316. The Hall–Kier alpha value is -2.49. The third kappa shape index (κ3) is 6.01. The van der Waals surface area contributed by atoms with Gasteiger partial charge >= 0.3 is 5.97 Å². The van der Waals surface area contributed by atoms with Gasteiger partial charge in [-0.2, -0.15) is 0 Å². The highest BCUT2D eigenvalue weighted by molar-refractivity contribution is 7.92. The highest BCUT2D eigenvalue weighted by Crippen LogP contribution is 2.24. The molecule has 0 amide bonds. The molecule has 152 valence electrons.